The van der Waals surface area contributed by atoms with Gasteiger partial charge in [-0.1, -0.05) is 20.8 Å². The Hall–Kier alpha value is -0.350. The Bertz CT molecular complexity index is 414. The summed E-state index contributed by atoms with van der Waals surface area (Å²) < 4.78 is 3.15. The van der Waals surface area contributed by atoms with Gasteiger partial charge in [-0.2, -0.15) is 5.10 Å². The van der Waals surface area contributed by atoms with Gasteiger partial charge < -0.3 is 5.73 Å². The molecule has 1 aliphatic rings. The monoisotopic (exact) mass is 327 g/mol. The highest BCUT2D eigenvalue weighted by Crippen LogP contribution is 2.47. The van der Waals surface area contributed by atoms with E-state index >= 15 is 0 Å². The van der Waals surface area contributed by atoms with Gasteiger partial charge in [-0.05, 0) is 59.0 Å². The average molecular weight is 328 g/mol. The number of aryl methyl sites for hydroxylation is 1. The van der Waals surface area contributed by atoms with Crippen LogP contribution in [0.3, 0.4) is 0 Å². The van der Waals surface area contributed by atoms with Gasteiger partial charge in [0.2, 0.25) is 0 Å². The topological polar surface area (TPSA) is 43.8 Å². The summed E-state index contributed by atoms with van der Waals surface area (Å²) in [6.07, 6.45) is 5.67. The van der Waals surface area contributed by atoms with Crippen LogP contribution in [0.4, 0.5) is 0 Å². The minimum absolute atomic E-state index is 0.378. The highest BCUT2D eigenvalue weighted by molar-refractivity contribution is 9.10. The van der Waals surface area contributed by atoms with Crippen molar-refractivity contribution in [1.82, 2.24) is 9.78 Å². The van der Waals surface area contributed by atoms with Crippen molar-refractivity contribution < 1.29 is 0 Å². The van der Waals surface area contributed by atoms with Crippen molar-refractivity contribution >= 4 is 15.9 Å². The van der Waals surface area contributed by atoms with E-state index in [1.54, 1.807) is 0 Å². The van der Waals surface area contributed by atoms with Crippen LogP contribution < -0.4 is 5.73 Å². The summed E-state index contributed by atoms with van der Waals surface area (Å²) in [5, 5.41) is 4.38. The third-order valence-corrected chi connectivity index (χ3v) is 5.42. The molecule has 0 aliphatic heterocycles. The van der Waals surface area contributed by atoms with Crippen LogP contribution in [-0.4, -0.2) is 16.3 Å². The first-order chi connectivity index (χ1) is 8.84. The lowest BCUT2D eigenvalue weighted by atomic mass is 9.65. The number of rotatable bonds is 2. The third kappa shape index (κ3) is 3.05. The summed E-state index contributed by atoms with van der Waals surface area (Å²) in [6, 6.07) is 0. The van der Waals surface area contributed by atoms with Crippen LogP contribution in [-0.2, 0) is 7.05 Å². The average Bonchev–Trinajstić information content (AvgIpc) is 2.67. The molecule has 0 amide bonds. The predicted octanol–water partition coefficient (Wildman–Crippen LogP) is 3.69. The number of hydrogen-bond donors (Lipinski definition) is 1. The summed E-state index contributed by atoms with van der Waals surface area (Å²) in [6.45, 7) is 7.85. The highest BCUT2D eigenvalue weighted by Gasteiger charge is 2.37. The van der Waals surface area contributed by atoms with Gasteiger partial charge in [0.1, 0.15) is 0 Å². The van der Waals surface area contributed by atoms with E-state index in [0.717, 1.165) is 16.9 Å². The minimum Gasteiger partial charge on any atom is -0.330 e. The van der Waals surface area contributed by atoms with E-state index in [-0.39, 0.29) is 0 Å². The lowest BCUT2D eigenvalue weighted by molar-refractivity contribution is 0.130. The number of nitrogens with zero attached hydrogens (tertiary/aromatic N) is 2. The molecule has 0 radical (unpaired) electrons. The van der Waals surface area contributed by atoms with E-state index < -0.39 is 0 Å². The molecule has 1 heterocycles. The first-order valence-electron chi connectivity index (χ1n) is 7.22. The first kappa shape index (κ1) is 15.0. The fraction of sp³-hybridized carbons (Fsp3) is 0.800. The van der Waals surface area contributed by atoms with E-state index in [1.807, 2.05) is 17.9 Å². The number of aromatic nitrogens is 2. The molecule has 2 N–H and O–H groups in total. The maximum atomic E-state index is 6.01. The third-order valence-electron chi connectivity index (χ3n) is 4.81. The van der Waals surface area contributed by atoms with Crippen LogP contribution in [0.15, 0.2) is 10.7 Å². The molecule has 0 aromatic carbocycles. The summed E-state index contributed by atoms with van der Waals surface area (Å²) in [4.78, 5) is 0. The standard InChI is InChI=1S/C15H26BrN3/c1-15(2,3)11-6-5-10(8-17)12(7-11)14-13(16)9-18-19(14)4/h9-12H,5-8,17H2,1-4H3. The van der Waals surface area contributed by atoms with Gasteiger partial charge >= 0.3 is 0 Å². The maximum Gasteiger partial charge on any atom is 0.0635 e. The maximum absolute atomic E-state index is 6.01. The molecular weight excluding hydrogens is 302 g/mol. The van der Waals surface area contributed by atoms with Crippen LogP contribution >= 0.6 is 15.9 Å². The van der Waals surface area contributed by atoms with E-state index in [9.17, 15) is 0 Å². The van der Waals surface area contributed by atoms with Crippen LogP contribution in [0.5, 0.6) is 0 Å². The van der Waals surface area contributed by atoms with Gasteiger partial charge in [-0.25, -0.2) is 0 Å². The second kappa shape index (κ2) is 5.57. The Labute approximate surface area is 125 Å². The molecule has 0 bridgehead atoms. The highest BCUT2D eigenvalue weighted by atomic mass is 79.9. The molecule has 1 saturated carbocycles. The van der Waals surface area contributed by atoms with Gasteiger partial charge in [-0.3, -0.25) is 4.68 Å². The molecule has 1 aromatic heterocycles. The van der Waals surface area contributed by atoms with Gasteiger partial charge in [0.05, 0.1) is 16.4 Å². The SMILES string of the molecule is Cn1ncc(Br)c1C1CC(C(C)(C)C)CCC1CN. The predicted molar refractivity (Wildman–Crippen MR) is 83.0 cm³/mol. The Kier molecular flexibility index (Phi) is 4.41. The van der Waals surface area contributed by atoms with Crippen molar-refractivity contribution in [3.63, 3.8) is 0 Å². The molecule has 1 aliphatic carbocycles. The van der Waals surface area contributed by atoms with Crippen molar-refractivity contribution in [3.8, 4) is 0 Å². The fourth-order valence-corrected chi connectivity index (χ4v) is 4.12. The number of halogens is 1. The van der Waals surface area contributed by atoms with Gasteiger partial charge in [-0.15, -0.1) is 0 Å². The first-order valence-corrected chi connectivity index (χ1v) is 8.01. The molecule has 0 spiro atoms. The molecule has 4 heteroatoms. The van der Waals surface area contributed by atoms with E-state index in [1.165, 1.54) is 25.0 Å². The van der Waals surface area contributed by atoms with E-state index in [0.29, 0.717) is 17.3 Å². The van der Waals surface area contributed by atoms with E-state index in [4.69, 9.17) is 5.73 Å². The summed E-state index contributed by atoms with van der Waals surface area (Å²) in [7, 11) is 2.04. The molecule has 0 saturated heterocycles. The number of nitrogens with two attached hydrogens (primary N) is 1. The Morgan fingerprint density at radius 1 is 1.42 bits per heavy atom. The Balaban J connectivity index is 2.29. The van der Waals surface area contributed by atoms with Crippen LogP contribution in [0.2, 0.25) is 0 Å². The molecular formula is C15H26BrN3. The molecule has 3 atom stereocenters. The largest absolute Gasteiger partial charge is 0.330 e. The molecule has 2 rings (SSSR count). The zero-order valence-electron chi connectivity index (χ0n) is 12.5. The zero-order chi connectivity index (χ0) is 14.2. The lowest BCUT2D eigenvalue weighted by Gasteiger charge is -2.41. The van der Waals surface area contributed by atoms with Crippen LogP contribution in [0, 0.1) is 17.3 Å². The molecule has 3 unspecified atom stereocenters. The second-order valence-electron chi connectivity index (χ2n) is 6.98. The summed E-state index contributed by atoms with van der Waals surface area (Å²) in [5.74, 6) is 1.89. The van der Waals surface area contributed by atoms with Gasteiger partial charge in [0, 0.05) is 13.0 Å². The second-order valence-corrected chi connectivity index (χ2v) is 7.83. The van der Waals surface area contributed by atoms with Crippen molar-refractivity contribution in [1.29, 1.82) is 0 Å². The molecule has 19 heavy (non-hydrogen) atoms. The molecule has 1 fully saturated rings. The van der Waals surface area contributed by atoms with Gasteiger partial charge in [0.15, 0.2) is 0 Å². The van der Waals surface area contributed by atoms with Gasteiger partial charge in [0.25, 0.3) is 0 Å². The zero-order valence-corrected chi connectivity index (χ0v) is 14.1. The normalized spacial score (nSPS) is 28.6. The van der Waals surface area contributed by atoms with Crippen molar-refractivity contribution in [2.45, 2.75) is 46.0 Å². The fourth-order valence-electron chi connectivity index (χ4n) is 3.47. The number of hydrogen-bond acceptors (Lipinski definition) is 2. The Morgan fingerprint density at radius 3 is 2.58 bits per heavy atom. The quantitative estimate of drug-likeness (QED) is 0.900. The smallest absolute Gasteiger partial charge is 0.0635 e. The van der Waals surface area contributed by atoms with Crippen molar-refractivity contribution in [2.75, 3.05) is 6.54 Å². The van der Waals surface area contributed by atoms with Crippen molar-refractivity contribution in [2.24, 2.45) is 30.0 Å². The molecule has 108 valence electrons. The Morgan fingerprint density at radius 2 is 2.11 bits per heavy atom. The van der Waals surface area contributed by atoms with Crippen molar-refractivity contribution in [3.05, 3.63) is 16.4 Å². The lowest BCUT2D eigenvalue weighted by Crippen LogP contribution is -2.34. The minimum atomic E-state index is 0.378. The van der Waals surface area contributed by atoms with Crippen LogP contribution in [0.1, 0.15) is 51.6 Å². The summed E-state index contributed by atoms with van der Waals surface area (Å²) >= 11 is 3.66. The van der Waals surface area contributed by atoms with Crippen LogP contribution in [0.25, 0.3) is 0 Å². The molecule has 1 aromatic rings. The van der Waals surface area contributed by atoms with E-state index in [2.05, 4.69) is 41.8 Å². The molecule has 3 nitrogen and oxygen atoms in total. The summed E-state index contributed by atoms with van der Waals surface area (Å²) in [5.41, 5.74) is 7.71.